The van der Waals surface area contributed by atoms with Crippen LogP contribution in [-0.2, 0) is 0 Å². The SMILES string of the molecule is COc1cnccc1C(=O)c1cc(Cl)ccc1N. The Morgan fingerprint density at radius 3 is 2.83 bits per heavy atom. The van der Waals surface area contributed by atoms with Crippen LogP contribution in [0.2, 0.25) is 5.02 Å². The van der Waals surface area contributed by atoms with Gasteiger partial charge >= 0.3 is 0 Å². The first-order chi connectivity index (χ1) is 8.63. The van der Waals surface area contributed by atoms with E-state index >= 15 is 0 Å². The third-order valence-electron chi connectivity index (χ3n) is 2.51. The highest BCUT2D eigenvalue weighted by molar-refractivity contribution is 6.31. The molecule has 0 unspecified atom stereocenters. The Kier molecular flexibility index (Phi) is 3.48. The number of aromatic nitrogens is 1. The number of nitrogens with two attached hydrogens (primary N) is 1. The third-order valence-corrected chi connectivity index (χ3v) is 2.74. The number of nitrogens with zero attached hydrogens (tertiary/aromatic N) is 1. The van der Waals surface area contributed by atoms with E-state index < -0.39 is 0 Å². The maximum atomic E-state index is 12.4. The molecule has 0 atom stereocenters. The largest absolute Gasteiger partial charge is 0.494 e. The molecule has 0 radical (unpaired) electrons. The molecule has 0 spiro atoms. The lowest BCUT2D eigenvalue weighted by molar-refractivity contribution is 0.103. The highest BCUT2D eigenvalue weighted by Crippen LogP contribution is 2.25. The van der Waals surface area contributed by atoms with Gasteiger partial charge in [0.2, 0.25) is 0 Å². The number of methoxy groups -OCH3 is 1. The topological polar surface area (TPSA) is 65.2 Å². The van der Waals surface area contributed by atoms with Gasteiger partial charge in [0.15, 0.2) is 5.78 Å². The highest BCUT2D eigenvalue weighted by Gasteiger charge is 2.17. The van der Waals surface area contributed by atoms with Crippen LogP contribution in [0.15, 0.2) is 36.7 Å². The van der Waals surface area contributed by atoms with Crippen molar-refractivity contribution >= 4 is 23.1 Å². The standard InChI is InChI=1S/C13H11ClN2O2/c1-18-12-7-16-5-4-9(12)13(17)10-6-8(14)2-3-11(10)15/h2-7H,15H2,1H3. The van der Waals surface area contributed by atoms with Crippen molar-refractivity contribution in [3.63, 3.8) is 0 Å². The fourth-order valence-electron chi connectivity index (χ4n) is 1.60. The van der Waals surface area contributed by atoms with Crippen LogP contribution in [0.4, 0.5) is 5.69 Å². The minimum absolute atomic E-state index is 0.241. The van der Waals surface area contributed by atoms with Crippen LogP contribution in [0.3, 0.4) is 0 Å². The Morgan fingerprint density at radius 2 is 2.11 bits per heavy atom. The number of ketones is 1. The lowest BCUT2D eigenvalue weighted by Gasteiger charge is -2.08. The quantitative estimate of drug-likeness (QED) is 0.682. The van der Waals surface area contributed by atoms with Crippen molar-refractivity contribution in [2.75, 3.05) is 12.8 Å². The summed E-state index contributed by atoms with van der Waals surface area (Å²) in [5.41, 5.74) is 6.92. The van der Waals surface area contributed by atoms with Crippen molar-refractivity contribution < 1.29 is 9.53 Å². The summed E-state index contributed by atoms with van der Waals surface area (Å²) in [6, 6.07) is 6.36. The summed E-state index contributed by atoms with van der Waals surface area (Å²) in [5.74, 6) is 0.163. The number of hydrogen-bond acceptors (Lipinski definition) is 4. The maximum Gasteiger partial charge on any atom is 0.198 e. The van der Waals surface area contributed by atoms with Gasteiger partial charge in [0.25, 0.3) is 0 Å². The summed E-state index contributed by atoms with van der Waals surface area (Å²) in [5, 5.41) is 0.459. The predicted molar refractivity (Wildman–Crippen MR) is 70.1 cm³/mol. The van der Waals surface area contributed by atoms with Crippen molar-refractivity contribution in [2.45, 2.75) is 0 Å². The van der Waals surface area contributed by atoms with E-state index in [1.54, 1.807) is 24.3 Å². The van der Waals surface area contributed by atoms with Gasteiger partial charge in [0.05, 0.1) is 18.9 Å². The van der Waals surface area contributed by atoms with E-state index in [0.29, 0.717) is 27.6 Å². The van der Waals surface area contributed by atoms with Crippen LogP contribution in [0.1, 0.15) is 15.9 Å². The van der Waals surface area contributed by atoms with E-state index in [1.165, 1.54) is 19.5 Å². The van der Waals surface area contributed by atoms with Gasteiger partial charge in [-0.25, -0.2) is 0 Å². The van der Waals surface area contributed by atoms with Crippen LogP contribution in [0.5, 0.6) is 5.75 Å². The average molecular weight is 263 g/mol. The van der Waals surface area contributed by atoms with E-state index in [9.17, 15) is 4.79 Å². The first kappa shape index (κ1) is 12.4. The number of hydrogen-bond donors (Lipinski definition) is 1. The molecule has 2 rings (SSSR count). The summed E-state index contributed by atoms with van der Waals surface area (Å²) in [7, 11) is 1.48. The van der Waals surface area contributed by atoms with E-state index in [4.69, 9.17) is 22.1 Å². The summed E-state index contributed by atoms with van der Waals surface area (Å²) in [6.07, 6.45) is 3.00. The Bertz CT molecular complexity index is 599. The number of carbonyl (C=O) groups is 1. The summed E-state index contributed by atoms with van der Waals surface area (Å²) in [6.45, 7) is 0. The number of nitrogen functional groups attached to an aromatic ring is 1. The average Bonchev–Trinajstić information content (AvgIpc) is 2.40. The van der Waals surface area contributed by atoms with E-state index in [0.717, 1.165) is 0 Å². The van der Waals surface area contributed by atoms with Crippen molar-refractivity contribution in [1.82, 2.24) is 4.98 Å². The van der Waals surface area contributed by atoms with Crippen molar-refractivity contribution in [3.8, 4) is 5.75 Å². The molecular formula is C13H11ClN2O2. The van der Waals surface area contributed by atoms with Gasteiger partial charge in [0.1, 0.15) is 5.75 Å². The molecule has 1 aromatic carbocycles. The minimum Gasteiger partial charge on any atom is -0.494 e. The second-order valence-electron chi connectivity index (χ2n) is 3.64. The zero-order valence-electron chi connectivity index (χ0n) is 9.68. The lowest BCUT2D eigenvalue weighted by atomic mass is 10.0. The van der Waals surface area contributed by atoms with Crippen LogP contribution < -0.4 is 10.5 Å². The van der Waals surface area contributed by atoms with E-state index in [-0.39, 0.29) is 5.78 Å². The molecule has 0 saturated heterocycles. The molecule has 2 N–H and O–H groups in total. The van der Waals surface area contributed by atoms with Crippen LogP contribution in [-0.4, -0.2) is 17.9 Å². The molecule has 0 saturated carbocycles. The van der Waals surface area contributed by atoms with Crippen molar-refractivity contribution in [1.29, 1.82) is 0 Å². The summed E-state index contributed by atoms with van der Waals surface area (Å²) < 4.78 is 5.10. The van der Waals surface area contributed by atoms with Crippen molar-refractivity contribution in [2.24, 2.45) is 0 Å². The van der Waals surface area contributed by atoms with Crippen LogP contribution in [0, 0.1) is 0 Å². The van der Waals surface area contributed by atoms with Crippen LogP contribution in [0.25, 0.3) is 0 Å². The Labute approximate surface area is 109 Å². The number of anilines is 1. The zero-order valence-corrected chi connectivity index (χ0v) is 10.4. The van der Waals surface area contributed by atoms with Gasteiger partial charge in [-0.05, 0) is 24.3 Å². The van der Waals surface area contributed by atoms with Gasteiger partial charge in [0, 0.05) is 22.5 Å². The first-order valence-electron chi connectivity index (χ1n) is 5.21. The molecule has 2 aromatic rings. The molecular weight excluding hydrogens is 252 g/mol. The van der Waals surface area contributed by atoms with Crippen molar-refractivity contribution in [3.05, 3.63) is 52.8 Å². The number of ether oxygens (including phenoxy) is 1. The lowest BCUT2D eigenvalue weighted by Crippen LogP contribution is -2.07. The maximum absolute atomic E-state index is 12.4. The molecule has 92 valence electrons. The molecule has 4 nitrogen and oxygen atoms in total. The van der Waals surface area contributed by atoms with Gasteiger partial charge in [-0.15, -0.1) is 0 Å². The molecule has 0 fully saturated rings. The second kappa shape index (κ2) is 5.06. The molecule has 18 heavy (non-hydrogen) atoms. The number of rotatable bonds is 3. The number of pyridine rings is 1. The van der Waals surface area contributed by atoms with Gasteiger partial charge in [-0.3, -0.25) is 9.78 Å². The van der Waals surface area contributed by atoms with Gasteiger partial charge in [-0.1, -0.05) is 11.6 Å². The fraction of sp³-hybridized carbons (Fsp3) is 0.0769. The molecule has 0 bridgehead atoms. The third kappa shape index (κ3) is 2.28. The fourth-order valence-corrected chi connectivity index (χ4v) is 1.77. The van der Waals surface area contributed by atoms with Crippen LogP contribution >= 0.6 is 11.6 Å². The Hall–Kier alpha value is -2.07. The molecule has 0 aliphatic heterocycles. The molecule has 0 amide bonds. The normalized spacial score (nSPS) is 10.1. The van der Waals surface area contributed by atoms with E-state index in [2.05, 4.69) is 4.98 Å². The van der Waals surface area contributed by atoms with E-state index in [1.807, 2.05) is 0 Å². The summed E-state index contributed by atoms with van der Waals surface area (Å²) in [4.78, 5) is 16.3. The molecule has 1 heterocycles. The Morgan fingerprint density at radius 1 is 1.33 bits per heavy atom. The minimum atomic E-state index is -0.241. The predicted octanol–water partition coefficient (Wildman–Crippen LogP) is 2.56. The zero-order chi connectivity index (χ0) is 13.1. The molecule has 0 aliphatic rings. The molecule has 5 heteroatoms. The number of carbonyl (C=O) groups excluding carboxylic acids is 1. The smallest absolute Gasteiger partial charge is 0.198 e. The highest BCUT2D eigenvalue weighted by atomic mass is 35.5. The number of halogens is 1. The monoisotopic (exact) mass is 262 g/mol. The number of benzene rings is 1. The second-order valence-corrected chi connectivity index (χ2v) is 4.07. The summed E-state index contributed by atoms with van der Waals surface area (Å²) >= 11 is 5.87. The Balaban J connectivity index is 2.51. The van der Waals surface area contributed by atoms with Gasteiger partial charge < -0.3 is 10.5 Å². The molecule has 0 aliphatic carbocycles. The first-order valence-corrected chi connectivity index (χ1v) is 5.59. The van der Waals surface area contributed by atoms with Gasteiger partial charge in [-0.2, -0.15) is 0 Å². The molecule has 1 aromatic heterocycles.